The molecule has 1 unspecified atom stereocenters. The molecule has 0 aliphatic heterocycles. The number of rotatable bonds is 13. The zero-order valence-corrected chi connectivity index (χ0v) is 18.1. The van der Waals surface area contributed by atoms with Crippen molar-refractivity contribution < 1.29 is 9.53 Å². The number of hydrogen-bond donors (Lipinski definition) is 0. The van der Waals surface area contributed by atoms with Crippen molar-refractivity contribution >= 4 is 5.97 Å². The van der Waals surface area contributed by atoms with Crippen LogP contribution in [0.2, 0.25) is 0 Å². The normalized spacial score (nSPS) is 19.5. The molecule has 0 N–H and O–H groups in total. The zero-order chi connectivity index (χ0) is 20.0. The van der Waals surface area contributed by atoms with Gasteiger partial charge in [-0.2, -0.15) is 0 Å². The minimum Gasteiger partial charge on any atom is -0.463 e. The zero-order valence-electron chi connectivity index (χ0n) is 18.1. The first-order valence-electron chi connectivity index (χ1n) is 11.5. The van der Waals surface area contributed by atoms with Crippen LogP contribution in [0.4, 0.5) is 0 Å². The molecule has 1 aromatic rings. The number of esters is 1. The highest BCUT2D eigenvalue weighted by molar-refractivity contribution is 5.69. The van der Waals surface area contributed by atoms with E-state index in [0.717, 1.165) is 24.7 Å². The summed E-state index contributed by atoms with van der Waals surface area (Å²) in [6.45, 7) is 3.80. The number of ether oxygens (including phenoxy) is 1. The van der Waals surface area contributed by atoms with Crippen LogP contribution in [-0.4, -0.2) is 12.1 Å². The Morgan fingerprint density at radius 2 is 1.82 bits per heavy atom. The predicted molar refractivity (Wildman–Crippen MR) is 118 cm³/mol. The molecule has 0 radical (unpaired) electrons. The summed E-state index contributed by atoms with van der Waals surface area (Å²) >= 11 is 0. The van der Waals surface area contributed by atoms with Gasteiger partial charge in [-0.25, -0.2) is 0 Å². The summed E-state index contributed by atoms with van der Waals surface area (Å²) in [5, 5.41) is 0. The number of hydrogen-bond acceptors (Lipinski definition) is 2. The van der Waals surface area contributed by atoms with Gasteiger partial charge >= 0.3 is 5.97 Å². The third-order valence-corrected chi connectivity index (χ3v) is 5.92. The lowest BCUT2D eigenvalue weighted by molar-refractivity contribution is -0.147. The van der Waals surface area contributed by atoms with E-state index < -0.39 is 0 Å². The average molecular weight is 385 g/mol. The quantitative estimate of drug-likeness (QED) is 0.203. The number of carbonyl (C=O) groups is 1. The first-order valence-corrected chi connectivity index (χ1v) is 11.5. The molecular weight excluding hydrogens is 344 g/mol. The summed E-state index contributed by atoms with van der Waals surface area (Å²) < 4.78 is 5.17. The van der Waals surface area contributed by atoms with Crippen LogP contribution in [0.3, 0.4) is 0 Å². The second kappa shape index (κ2) is 13.6. The minimum absolute atomic E-state index is 0.000630. The van der Waals surface area contributed by atoms with Crippen LogP contribution in [0, 0.1) is 11.8 Å². The van der Waals surface area contributed by atoms with Crippen molar-refractivity contribution in [3.8, 4) is 0 Å². The molecule has 1 saturated carbocycles. The van der Waals surface area contributed by atoms with Crippen LogP contribution in [0.15, 0.2) is 42.5 Å². The summed E-state index contributed by atoms with van der Waals surface area (Å²) in [7, 11) is 0. The topological polar surface area (TPSA) is 26.3 Å². The molecule has 28 heavy (non-hydrogen) atoms. The van der Waals surface area contributed by atoms with E-state index in [2.05, 4.69) is 42.5 Å². The van der Waals surface area contributed by atoms with Gasteiger partial charge in [0.1, 0.15) is 0 Å². The number of allylic oxidation sites excluding steroid dienone is 2. The summed E-state index contributed by atoms with van der Waals surface area (Å²) in [5.41, 5.74) is 1.48. The Labute approximate surface area is 172 Å². The molecule has 2 atom stereocenters. The summed E-state index contributed by atoms with van der Waals surface area (Å²) in [6, 6.07) is 10.9. The monoisotopic (exact) mass is 384 g/mol. The fourth-order valence-electron chi connectivity index (χ4n) is 4.44. The highest BCUT2D eigenvalue weighted by Gasteiger charge is 2.25. The lowest BCUT2D eigenvalue weighted by Gasteiger charge is -2.18. The molecule has 0 heterocycles. The van der Waals surface area contributed by atoms with Gasteiger partial charge in [0, 0.05) is 6.42 Å². The second-order valence-electron chi connectivity index (χ2n) is 8.67. The van der Waals surface area contributed by atoms with Gasteiger partial charge in [-0.3, -0.25) is 4.79 Å². The van der Waals surface area contributed by atoms with Crippen molar-refractivity contribution in [1.29, 1.82) is 0 Å². The van der Waals surface area contributed by atoms with E-state index in [1.54, 1.807) is 0 Å². The molecule has 2 heteroatoms. The van der Waals surface area contributed by atoms with Gasteiger partial charge < -0.3 is 4.74 Å². The molecule has 1 aromatic carbocycles. The Hall–Kier alpha value is -1.57. The standard InChI is InChI=1S/C26H40O2/c1-22(2)28-26(27)21-12-4-3-10-17-24-19-13-20-25(24)18-11-6-9-16-23-14-7-5-8-15-23/h3,5,7-8,10,14-15,22,24-25H,4,6,9,11-13,16-21H2,1-2H3/b10-3-/t24-,25?/m0/s1. The van der Waals surface area contributed by atoms with Crippen LogP contribution in [0.1, 0.15) is 90.0 Å². The van der Waals surface area contributed by atoms with Gasteiger partial charge in [-0.1, -0.05) is 74.6 Å². The highest BCUT2D eigenvalue weighted by atomic mass is 16.5. The van der Waals surface area contributed by atoms with Crippen LogP contribution in [0.5, 0.6) is 0 Å². The van der Waals surface area contributed by atoms with E-state index in [4.69, 9.17) is 4.74 Å². The minimum atomic E-state index is -0.0634. The highest BCUT2D eigenvalue weighted by Crippen LogP contribution is 2.37. The second-order valence-corrected chi connectivity index (χ2v) is 8.67. The largest absolute Gasteiger partial charge is 0.463 e. The lowest BCUT2D eigenvalue weighted by atomic mass is 9.88. The lowest BCUT2D eigenvalue weighted by Crippen LogP contribution is -2.10. The van der Waals surface area contributed by atoms with Crippen molar-refractivity contribution in [3.05, 3.63) is 48.0 Å². The Morgan fingerprint density at radius 1 is 1.04 bits per heavy atom. The van der Waals surface area contributed by atoms with Gasteiger partial charge in [-0.05, 0) is 69.8 Å². The fourth-order valence-corrected chi connectivity index (χ4v) is 4.44. The maximum Gasteiger partial charge on any atom is 0.306 e. The fraction of sp³-hybridized carbons (Fsp3) is 0.654. The van der Waals surface area contributed by atoms with Gasteiger partial charge in [0.05, 0.1) is 6.10 Å². The molecular formula is C26H40O2. The van der Waals surface area contributed by atoms with Crippen molar-refractivity contribution in [2.24, 2.45) is 11.8 Å². The van der Waals surface area contributed by atoms with Gasteiger partial charge in [0.2, 0.25) is 0 Å². The Balaban J connectivity index is 1.52. The van der Waals surface area contributed by atoms with Crippen LogP contribution < -0.4 is 0 Å². The van der Waals surface area contributed by atoms with E-state index in [9.17, 15) is 4.79 Å². The van der Waals surface area contributed by atoms with E-state index in [1.807, 2.05) is 13.8 Å². The third kappa shape index (κ3) is 9.57. The molecule has 0 bridgehead atoms. The molecule has 2 nitrogen and oxygen atoms in total. The van der Waals surface area contributed by atoms with Crippen LogP contribution >= 0.6 is 0 Å². The molecule has 1 fully saturated rings. The molecule has 2 rings (SSSR count). The molecule has 1 aliphatic rings. The van der Waals surface area contributed by atoms with E-state index in [1.165, 1.54) is 63.4 Å². The maximum absolute atomic E-state index is 11.5. The number of benzene rings is 1. The first kappa shape index (κ1) is 22.7. The number of carbonyl (C=O) groups excluding carboxylic acids is 1. The Morgan fingerprint density at radius 3 is 2.61 bits per heavy atom. The Bertz CT molecular complexity index is 561. The summed E-state index contributed by atoms with van der Waals surface area (Å²) in [4.78, 5) is 11.5. The predicted octanol–water partition coefficient (Wildman–Crippen LogP) is 7.27. The molecule has 0 spiro atoms. The first-order chi connectivity index (χ1) is 13.6. The van der Waals surface area contributed by atoms with Gasteiger partial charge in [0.15, 0.2) is 0 Å². The van der Waals surface area contributed by atoms with Crippen molar-refractivity contribution in [1.82, 2.24) is 0 Å². The van der Waals surface area contributed by atoms with Gasteiger partial charge in [-0.15, -0.1) is 0 Å². The van der Waals surface area contributed by atoms with Crippen molar-refractivity contribution in [3.63, 3.8) is 0 Å². The maximum atomic E-state index is 11.5. The summed E-state index contributed by atoms with van der Waals surface area (Å²) in [6.07, 6.45) is 19.2. The number of unbranched alkanes of at least 4 members (excludes halogenated alkanes) is 3. The average Bonchev–Trinajstić information content (AvgIpc) is 3.12. The molecule has 0 amide bonds. The van der Waals surface area contributed by atoms with E-state index >= 15 is 0 Å². The molecule has 0 aromatic heterocycles. The SMILES string of the molecule is CC(C)OC(=O)CCC/C=C\C[C@H]1CCCC1CCCCCc1ccccc1. The number of aryl methyl sites for hydroxylation is 1. The van der Waals surface area contributed by atoms with Gasteiger partial charge in [0.25, 0.3) is 0 Å². The van der Waals surface area contributed by atoms with Crippen molar-refractivity contribution in [2.45, 2.75) is 97.0 Å². The molecule has 156 valence electrons. The molecule has 0 saturated heterocycles. The summed E-state index contributed by atoms with van der Waals surface area (Å²) in [5.74, 6) is 1.75. The van der Waals surface area contributed by atoms with E-state index in [-0.39, 0.29) is 12.1 Å². The Kier molecular flexibility index (Phi) is 11.0. The van der Waals surface area contributed by atoms with E-state index in [0.29, 0.717) is 6.42 Å². The molecule has 1 aliphatic carbocycles. The smallest absolute Gasteiger partial charge is 0.306 e. The van der Waals surface area contributed by atoms with Crippen LogP contribution in [-0.2, 0) is 16.0 Å². The third-order valence-electron chi connectivity index (χ3n) is 5.92. The van der Waals surface area contributed by atoms with Crippen molar-refractivity contribution in [2.75, 3.05) is 0 Å². The van der Waals surface area contributed by atoms with Crippen LogP contribution in [0.25, 0.3) is 0 Å².